The van der Waals surface area contributed by atoms with Gasteiger partial charge in [0.05, 0.1) is 22.5 Å². The molecule has 1 aliphatic rings. The van der Waals surface area contributed by atoms with Gasteiger partial charge in [0.25, 0.3) is 0 Å². The van der Waals surface area contributed by atoms with E-state index >= 15 is 0 Å². The quantitative estimate of drug-likeness (QED) is 0.576. The second-order valence-corrected chi connectivity index (χ2v) is 7.70. The van der Waals surface area contributed by atoms with Crippen molar-refractivity contribution in [2.45, 2.75) is 39.3 Å². The highest BCUT2D eigenvalue weighted by atomic mass is 16.5. The molecule has 0 amide bonds. The van der Waals surface area contributed by atoms with Crippen molar-refractivity contribution >= 4 is 11.0 Å². The van der Waals surface area contributed by atoms with Crippen molar-refractivity contribution in [3.63, 3.8) is 0 Å². The molecule has 5 rings (SSSR count). The smallest absolute Gasteiger partial charge is 0.327 e. The fourth-order valence-corrected chi connectivity index (χ4v) is 4.26. The first kappa shape index (κ1) is 16.8. The van der Waals surface area contributed by atoms with Gasteiger partial charge in [-0.3, -0.25) is 9.55 Å². The number of nitrogens with zero attached hydrogens (tertiary/aromatic N) is 3. The number of pyridine rings is 1. The van der Waals surface area contributed by atoms with Gasteiger partial charge in [-0.15, -0.1) is 0 Å². The van der Waals surface area contributed by atoms with Gasteiger partial charge < -0.3 is 14.2 Å². The Balaban J connectivity index is 1.87. The third-order valence-corrected chi connectivity index (χ3v) is 5.39. The van der Waals surface area contributed by atoms with E-state index in [0.717, 1.165) is 33.5 Å². The topological polar surface area (TPSA) is 85.9 Å². The number of aromatic amines is 1. The number of aromatic nitrogens is 4. The normalized spacial score (nSPS) is 17.6. The lowest BCUT2D eigenvalue weighted by atomic mass is 9.91. The maximum Gasteiger partial charge on any atom is 0.327 e. The zero-order valence-corrected chi connectivity index (χ0v) is 16.1. The Hall–Kier alpha value is -3.35. The summed E-state index contributed by atoms with van der Waals surface area (Å²) in [4.78, 5) is 20.4. The van der Waals surface area contributed by atoms with Crippen molar-refractivity contribution in [1.29, 1.82) is 0 Å². The number of aryl methyl sites for hydroxylation is 2. The standard InChI is InChI=1S/C21H20N4O3/c1-11-16(12(2)28-24-11)13-8-9-14-17-18(13)27-21(3,4)19(25(17)20(26)23-14)15-7-5-6-10-22-15/h5-10,19H,1-4H3,(H,23,26)/t19-/m0/s1. The van der Waals surface area contributed by atoms with E-state index in [4.69, 9.17) is 9.26 Å². The van der Waals surface area contributed by atoms with Crippen LogP contribution in [0.25, 0.3) is 22.2 Å². The van der Waals surface area contributed by atoms with Gasteiger partial charge in [-0.05, 0) is 52.0 Å². The molecule has 1 aromatic carbocycles. The van der Waals surface area contributed by atoms with Crippen LogP contribution in [0, 0.1) is 13.8 Å². The number of rotatable bonds is 2. The lowest BCUT2D eigenvalue weighted by Crippen LogP contribution is -2.46. The van der Waals surface area contributed by atoms with E-state index in [0.29, 0.717) is 11.5 Å². The zero-order valence-electron chi connectivity index (χ0n) is 16.1. The molecule has 0 spiro atoms. The fourth-order valence-electron chi connectivity index (χ4n) is 4.26. The second-order valence-electron chi connectivity index (χ2n) is 7.70. The van der Waals surface area contributed by atoms with E-state index in [1.807, 2.05) is 58.0 Å². The minimum Gasteiger partial charge on any atom is -0.482 e. The van der Waals surface area contributed by atoms with Gasteiger partial charge in [0.15, 0.2) is 5.75 Å². The SMILES string of the molecule is Cc1noc(C)c1-c1ccc2[nH]c(=O)n3c2c1OC(C)(C)[C@@H]3c1ccccn1. The molecular formula is C21H20N4O3. The van der Waals surface area contributed by atoms with E-state index in [2.05, 4.69) is 15.1 Å². The molecule has 0 radical (unpaired) electrons. The third kappa shape index (κ3) is 2.19. The summed E-state index contributed by atoms with van der Waals surface area (Å²) in [5, 5.41) is 4.08. The van der Waals surface area contributed by atoms with Gasteiger partial charge >= 0.3 is 5.69 Å². The number of benzene rings is 1. The first-order valence-corrected chi connectivity index (χ1v) is 9.19. The van der Waals surface area contributed by atoms with E-state index in [1.54, 1.807) is 10.8 Å². The zero-order chi connectivity index (χ0) is 19.6. The summed E-state index contributed by atoms with van der Waals surface area (Å²) in [6.45, 7) is 7.73. The number of hydrogen-bond donors (Lipinski definition) is 1. The van der Waals surface area contributed by atoms with Gasteiger partial charge in [-0.25, -0.2) is 4.79 Å². The number of ether oxygens (including phenoxy) is 1. The minimum atomic E-state index is -0.699. The Morgan fingerprint density at radius 2 is 2.00 bits per heavy atom. The number of H-pyrrole nitrogens is 1. The van der Waals surface area contributed by atoms with E-state index in [9.17, 15) is 4.79 Å². The molecule has 1 atom stereocenters. The molecule has 0 saturated heterocycles. The second kappa shape index (κ2) is 5.58. The van der Waals surface area contributed by atoms with Crippen molar-refractivity contribution < 1.29 is 9.26 Å². The Kier molecular flexibility index (Phi) is 3.34. The molecule has 0 unspecified atom stereocenters. The van der Waals surface area contributed by atoms with E-state index < -0.39 is 5.60 Å². The van der Waals surface area contributed by atoms with E-state index in [-0.39, 0.29) is 11.7 Å². The van der Waals surface area contributed by atoms with Gasteiger partial charge in [0.2, 0.25) is 0 Å². The Labute approximate surface area is 161 Å². The van der Waals surface area contributed by atoms with Crippen molar-refractivity contribution in [3.8, 4) is 16.9 Å². The monoisotopic (exact) mass is 376 g/mol. The van der Waals surface area contributed by atoms with Crippen molar-refractivity contribution in [1.82, 2.24) is 19.7 Å². The molecule has 3 aromatic heterocycles. The van der Waals surface area contributed by atoms with Crippen LogP contribution < -0.4 is 10.4 Å². The molecule has 0 aliphatic carbocycles. The van der Waals surface area contributed by atoms with Crippen LogP contribution in [0.5, 0.6) is 5.75 Å². The van der Waals surface area contributed by atoms with Crippen LogP contribution in [0.3, 0.4) is 0 Å². The molecule has 0 bridgehead atoms. The number of imidazole rings is 1. The van der Waals surface area contributed by atoms with Crippen LogP contribution in [0.15, 0.2) is 45.8 Å². The predicted octanol–water partition coefficient (Wildman–Crippen LogP) is 3.76. The summed E-state index contributed by atoms with van der Waals surface area (Å²) in [7, 11) is 0. The van der Waals surface area contributed by atoms with Crippen molar-refractivity contribution in [3.05, 3.63) is 64.2 Å². The molecular weight excluding hydrogens is 356 g/mol. The molecule has 7 nitrogen and oxygen atoms in total. The lowest BCUT2D eigenvalue weighted by molar-refractivity contribution is 0.0552. The van der Waals surface area contributed by atoms with Gasteiger partial charge in [0.1, 0.15) is 22.9 Å². The minimum absolute atomic E-state index is 0.181. The van der Waals surface area contributed by atoms with Crippen LogP contribution in [-0.2, 0) is 0 Å². The van der Waals surface area contributed by atoms with Gasteiger partial charge in [0, 0.05) is 11.8 Å². The highest BCUT2D eigenvalue weighted by Crippen LogP contribution is 2.47. The maximum absolute atomic E-state index is 13.0. The van der Waals surface area contributed by atoms with Gasteiger partial charge in [-0.2, -0.15) is 0 Å². The molecule has 28 heavy (non-hydrogen) atoms. The summed E-state index contributed by atoms with van der Waals surface area (Å²) in [5.74, 6) is 1.37. The molecule has 1 N–H and O–H groups in total. The molecule has 0 saturated carbocycles. The van der Waals surface area contributed by atoms with Crippen LogP contribution >= 0.6 is 0 Å². The first-order valence-electron chi connectivity index (χ1n) is 9.19. The van der Waals surface area contributed by atoms with E-state index in [1.165, 1.54) is 0 Å². The Morgan fingerprint density at radius 3 is 2.68 bits per heavy atom. The molecule has 7 heteroatoms. The van der Waals surface area contributed by atoms with Crippen LogP contribution in [0.4, 0.5) is 0 Å². The fraction of sp³-hybridized carbons (Fsp3) is 0.286. The van der Waals surface area contributed by atoms with Crippen LogP contribution in [-0.4, -0.2) is 25.3 Å². The predicted molar refractivity (Wildman–Crippen MR) is 105 cm³/mol. The highest BCUT2D eigenvalue weighted by Gasteiger charge is 2.43. The van der Waals surface area contributed by atoms with Crippen molar-refractivity contribution in [2.24, 2.45) is 0 Å². The average Bonchev–Trinajstić information content (AvgIpc) is 3.16. The van der Waals surface area contributed by atoms with Crippen LogP contribution in [0.2, 0.25) is 0 Å². The molecule has 4 heterocycles. The van der Waals surface area contributed by atoms with Crippen molar-refractivity contribution in [2.75, 3.05) is 0 Å². The first-order chi connectivity index (χ1) is 13.4. The lowest BCUT2D eigenvalue weighted by Gasteiger charge is -2.39. The molecule has 4 aromatic rings. The maximum atomic E-state index is 13.0. The largest absolute Gasteiger partial charge is 0.482 e. The number of nitrogens with one attached hydrogen (secondary N) is 1. The summed E-state index contributed by atoms with van der Waals surface area (Å²) >= 11 is 0. The third-order valence-electron chi connectivity index (χ3n) is 5.39. The molecule has 1 aliphatic heterocycles. The Morgan fingerprint density at radius 1 is 1.18 bits per heavy atom. The number of hydrogen-bond acceptors (Lipinski definition) is 5. The molecule has 142 valence electrons. The Bertz CT molecular complexity index is 1240. The van der Waals surface area contributed by atoms with Gasteiger partial charge in [-0.1, -0.05) is 11.2 Å². The summed E-state index contributed by atoms with van der Waals surface area (Å²) in [6, 6.07) is 9.19. The summed E-state index contributed by atoms with van der Waals surface area (Å²) in [5.41, 5.74) is 3.90. The average molecular weight is 376 g/mol. The van der Waals surface area contributed by atoms with Crippen LogP contribution in [0.1, 0.15) is 37.0 Å². The summed E-state index contributed by atoms with van der Waals surface area (Å²) < 4.78 is 13.7. The highest BCUT2D eigenvalue weighted by molar-refractivity contribution is 5.92. The summed E-state index contributed by atoms with van der Waals surface area (Å²) in [6.07, 6.45) is 1.73. The molecule has 0 fully saturated rings.